The number of anilines is 1. The number of nitrogens with zero attached hydrogens (tertiary/aromatic N) is 3. The summed E-state index contributed by atoms with van der Waals surface area (Å²) >= 11 is 0. The van der Waals surface area contributed by atoms with Gasteiger partial charge < -0.3 is 25.4 Å². The molecule has 30 heavy (non-hydrogen) atoms. The quantitative estimate of drug-likeness (QED) is 0.216. The second-order valence-electron chi connectivity index (χ2n) is 6.00. The molecule has 1 aliphatic rings. The van der Waals surface area contributed by atoms with Gasteiger partial charge in [0, 0.05) is 25.8 Å². The van der Waals surface area contributed by atoms with E-state index in [4.69, 9.17) is 9.47 Å². The summed E-state index contributed by atoms with van der Waals surface area (Å²) in [6.07, 6.45) is -3.43. The van der Waals surface area contributed by atoms with E-state index in [1.54, 1.807) is 0 Å². The highest BCUT2D eigenvalue weighted by atomic mass is 127. The molecule has 0 amide bonds. The van der Waals surface area contributed by atoms with E-state index in [9.17, 15) is 13.2 Å². The first kappa shape index (κ1) is 23.8. The van der Waals surface area contributed by atoms with Gasteiger partial charge >= 0.3 is 6.18 Å². The minimum absolute atomic E-state index is 0. The Morgan fingerprint density at radius 3 is 2.70 bits per heavy atom. The van der Waals surface area contributed by atoms with E-state index in [-0.39, 0.29) is 36.7 Å². The van der Waals surface area contributed by atoms with Gasteiger partial charge in [0.05, 0.1) is 6.54 Å². The van der Waals surface area contributed by atoms with Crippen molar-refractivity contribution in [2.75, 3.05) is 31.7 Å². The zero-order valence-corrected chi connectivity index (χ0v) is 18.5. The van der Waals surface area contributed by atoms with Crippen molar-refractivity contribution in [2.45, 2.75) is 19.6 Å². The number of hydrogen-bond acceptors (Lipinski definition) is 6. The fourth-order valence-corrected chi connectivity index (χ4v) is 2.51. The van der Waals surface area contributed by atoms with Gasteiger partial charge in [-0.1, -0.05) is 6.07 Å². The van der Waals surface area contributed by atoms with Crippen LogP contribution >= 0.6 is 24.0 Å². The second kappa shape index (κ2) is 11.0. The van der Waals surface area contributed by atoms with Crippen molar-refractivity contribution in [3.63, 3.8) is 0 Å². The standard InChI is InChI=1S/C18H21F3N6O2.HI/c1-2-22-16(26-10-12-3-4-13-14(9-12)29-11-28-13)24-7-8-25-17-23-6-5-15(27-17)18(19,20)21;/h3-6,9H,2,7-8,10-11H2,1H3,(H2,22,24,26)(H,23,25,27);1H. The number of fused-ring (bicyclic) bond motifs is 1. The SMILES string of the molecule is CCNC(=NCc1ccc2c(c1)OCO2)NCCNc1nccc(C(F)(F)F)n1.I. The first-order valence-electron chi connectivity index (χ1n) is 9.00. The molecule has 12 heteroatoms. The third-order valence-electron chi connectivity index (χ3n) is 3.85. The van der Waals surface area contributed by atoms with Crippen LogP contribution in [0.2, 0.25) is 0 Å². The molecular weight excluding hydrogens is 516 g/mol. The van der Waals surface area contributed by atoms with Crippen LogP contribution in [0.3, 0.4) is 0 Å². The number of benzene rings is 1. The number of nitrogens with one attached hydrogen (secondary N) is 3. The highest BCUT2D eigenvalue weighted by molar-refractivity contribution is 14.0. The maximum Gasteiger partial charge on any atom is 0.433 e. The Morgan fingerprint density at radius 2 is 1.93 bits per heavy atom. The Morgan fingerprint density at radius 1 is 1.13 bits per heavy atom. The zero-order chi connectivity index (χ0) is 20.7. The number of aromatic nitrogens is 2. The summed E-state index contributed by atoms with van der Waals surface area (Å²) in [5, 5.41) is 8.97. The van der Waals surface area contributed by atoms with Gasteiger partial charge in [-0.2, -0.15) is 13.2 Å². The lowest BCUT2D eigenvalue weighted by atomic mass is 10.2. The topological polar surface area (TPSA) is 92.7 Å². The summed E-state index contributed by atoms with van der Waals surface area (Å²) in [4.78, 5) is 11.7. The van der Waals surface area contributed by atoms with Gasteiger partial charge in [-0.15, -0.1) is 24.0 Å². The highest BCUT2D eigenvalue weighted by Gasteiger charge is 2.32. The molecule has 0 unspecified atom stereocenters. The molecule has 0 saturated carbocycles. The monoisotopic (exact) mass is 538 g/mol. The van der Waals surface area contributed by atoms with Crippen LogP contribution in [0.25, 0.3) is 0 Å². The maximum absolute atomic E-state index is 12.7. The number of alkyl halides is 3. The normalized spacial score (nSPS) is 12.9. The van der Waals surface area contributed by atoms with Crippen molar-refractivity contribution in [1.82, 2.24) is 20.6 Å². The van der Waals surface area contributed by atoms with Gasteiger partial charge in [0.15, 0.2) is 17.5 Å². The minimum Gasteiger partial charge on any atom is -0.454 e. The summed E-state index contributed by atoms with van der Waals surface area (Å²) in [6, 6.07) is 6.46. The Bertz CT molecular complexity index is 866. The predicted octanol–water partition coefficient (Wildman–Crippen LogP) is 3.01. The van der Waals surface area contributed by atoms with Gasteiger partial charge in [0.2, 0.25) is 12.7 Å². The average molecular weight is 538 g/mol. The minimum atomic E-state index is -4.50. The molecule has 0 bridgehead atoms. The van der Waals surface area contributed by atoms with E-state index in [1.165, 1.54) is 0 Å². The van der Waals surface area contributed by atoms with E-state index < -0.39 is 11.9 Å². The number of hydrogen-bond donors (Lipinski definition) is 3. The largest absolute Gasteiger partial charge is 0.454 e. The van der Waals surface area contributed by atoms with Crippen LogP contribution < -0.4 is 25.4 Å². The Kier molecular flexibility index (Phi) is 8.74. The van der Waals surface area contributed by atoms with Crippen LogP contribution in [-0.2, 0) is 12.7 Å². The molecule has 0 atom stereocenters. The van der Waals surface area contributed by atoms with E-state index in [2.05, 4.69) is 30.9 Å². The molecule has 0 spiro atoms. The van der Waals surface area contributed by atoms with Crippen LogP contribution in [0.5, 0.6) is 11.5 Å². The van der Waals surface area contributed by atoms with E-state index >= 15 is 0 Å². The zero-order valence-electron chi connectivity index (χ0n) is 16.1. The summed E-state index contributed by atoms with van der Waals surface area (Å²) in [5.74, 6) is 1.91. The highest BCUT2D eigenvalue weighted by Crippen LogP contribution is 2.32. The molecule has 1 aromatic heterocycles. The number of guanidine groups is 1. The smallest absolute Gasteiger partial charge is 0.433 e. The molecule has 8 nitrogen and oxygen atoms in total. The lowest BCUT2D eigenvalue weighted by molar-refractivity contribution is -0.141. The molecule has 3 rings (SSSR count). The van der Waals surface area contributed by atoms with Gasteiger partial charge in [0.1, 0.15) is 5.69 Å². The second-order valence-corrected chi connectivity index (χ2v) is 6.00. The van der Waals surface area contributed by atoms with Gasteiger partial charge in [-0.05, 0) is 30.7 Å². The molecule has 0 aliphatic carbocycles. The third-order valence-corrected chi connectivity index (χ3v) is 3.85. The van der Waals surface area contributed by atoms with Crippen LogP contribution in [0, 0.1) is 0 Å². The first-order valence-corrected chi connectivity index (χ1v) is 9.00. The molecule has 0 saturated heterocycles. The number of aliphatic imine (C=N–C) groups is 1. The van der Waals surface area contributed by atoms with Crippen molar-refractivity contribution in [1.29, 1.82) is 0 Å². The van der Waals surface area contributed by atoms with Gasteiger partial charge in [-0.3, -0.25) is 0 Å². The fraction of sp³-hybridized carbons (Fsp3) is 0.389. The Labute approximate surface area is 188 Å². The van der Waals surface area contributed by atoms with Crippen molar-refractivity contribution in [3.05, 3.63) is 41.7 Å². The first-order chi connectivity index (χ1) is 14.0. The van der Waals surface area contributed by atoms with E-state index in [1.807, 2.05) is 25.1 Å². The van der Waals surface area contributed by atoms with Crippen molar-refractivity contribution in [2.24, 2.45) is 4.99 Å². The molecular formula is C18H22F3IN6O2. The number of halogens is 4. The molecule has 1 aliphatic heterocycles. The molecule has 2 heterocycles. The molecule has 2 aromatic rings. The van der Waals surface area contributed by atoms with Gasteiger partial charge in [0.25, 0.3) is 0 Å². The predicted molar refractivity (Wildman–Crippen MR) is 116 cm³/mol. The molecule has 164 valence electrons. The van der Waals surface area contributed by atoms with Crippen molar-refractivity contribution in [3.8, 4) is 11.5 Å². The van der Waals surface area contributed by atoms with Crippen molar-refractivity contribution < 1.29 is 22.6 Å². The van der Waals surface area contributed by atoms with E-state index in [0.717, 1.165) is 17.8 Å². The van der Waals surface area contributed by atoms with Crippen LogP contribution in [0.1, 0.15) is 18.2 Å². The lowest BCUT2D eigenvalue weighted by Gasteiger charge is -2.12. The number of rotatable bonds is 7. The third kappa shape index (κ3) is 6.78. The molecule has 0 fully saturated rings. The van der Waals surface area contributed by atoms with Gasteiger partial charge in [-0.25, -0.2) is 15.0 Å². The fourth-order valence-electron chi connectivity index (χ4n) is 2.51. The molecule has 0 radical (unpaired) electrons. The van der Waals surface area contributed by atoms with Crippen molar-refractivity contribution >= 4 is 35.9 Å². The Balaban J connectivity index is 0.00000320. The lowest BCUT2D eigenvalue weighted by Crippen LogP contribution is -2.39. The van der Waals surface area contributed by atoms with Crippen LogP contribution in [0.15, 0.2) is 35.5 Å². The summed E-state index contributed by atoms with van der Waals surface area (Å²) < 4.78 is 48.7. The summed E-state index contributed by atoms with van der Waals surface area (Å²) in [7, 11) is 0. The van der Waals surface area contributed by atoms with E-state index in [0.29, 0.717) is 43.6 Å². The van der Waals surface area contributed by atoms with Crippen LogP contribution in [0.4, 0.5) is 19.1 Å². The summed E-state index contributed by atoms with van der Waals surface area (Å²) in [5.41, 5.74) is -0.0245. The van der Waals surface area contributed by atoms with Crippen LogP contribution in [-0.4, -0.2) is 42.4 Å². The summed E-state index contributed by atoms with van der Waals surface area (Å²) in [6.45, 7) is 3.97. The Hall–Kier alpha value is -2.51. The molecule has 1 aromatic carbocycles. The molecule has 3 N–H and O–H groups in total. The average Bonchev–Trinajstić information content (AvgIpc) is 3.16. The number of ether oxygens (including phenoxy) is 2. The maximum atomic E-state index is 12.7.